The third kappa shape index (κ3) is 1.62. The number of hydrogen-bond donors (Lipinski definition) is 0. The van der Waals surface area contributed by atoms with Gasteiger partial charge in [0.2, 0.25) is 0 Å². The molecular weight excluding hydrogens is 204 g/mol. The lowest BCUT2D eigenvalue weighted by atomic mass is 9.88. The van der Waals surface area contributed by atoms with E-state index < -0.39 is 0 Å². The highest BCUT2D eigenvalue weighted by atomic mass is 16.2. The Hall–Kier alpha value is -1.32. The maximum absolute atomic E-state index is 11.9. The van der Waals surface area contributed by atoms with Crippen molar-refractivity contribution < 1.29 is 9.59 Å². The topological polar surface area (TPSA) is 40.6 Å². The van der Waals surface area contributed by atoms with Crippen molar-refractivity contribution in [2.75, 3.05) is 20.6 Å². The van der Waals surface area contributed by atoms with Crippen molar-refractivity contribution in [3.8, 4) is 0 Å². The molecule has 1 heterocycles. The number of urea groups is 1. The Morgan fingerprint density at radius 1 is 1.38 bits per heavy atom. The lowest BCUT2D eigenvalue weighted by Crippen LogP contribution is -2.43. The van der Waals surface area contributed by atoms with E-state index in [1.807, 2.05) is 11.8 Å². The van der Waals surface area contributed by atoms with Gasteiger partial charge in [-0.2, -0.15) is 0 Å². The fourth-order valence-electron chi connectivity index (χ4n) is 2.64. The zero-order valence-electron chi connectivity index (χ0n) is 10.1. The predicted octanol–water partition coefficient (Wildman–Crippen LogP) is 1.42. The summed E-state index contributed by atoms with van der Waals surface area (Å²) in [4.78, 5) is 27.0. The molecule has 16 heavy (non-hydrogen) atoms. The Labute approximate surface area is 95.9 Å². The number of carbonyl (C=O) groups is 2. The molecule has 0 N–H and O–H groups in total. The largest absolute Gasteiger partial charge is 0.331 e. The van der Waals surface area contributed by atoms with Crippen LogP contribution < -0.4 is 0 Å². The molecule has 1 unspecified atom stereocenters. The van der Waals surface area contributed by atoms with Crippen molar-refractivity contribution in [1.29, 1.82) is 0 Å². The number of amides is 2. The normalized spacial score (nSPS) is 24.8. The zero-order valence-corrected chi connectivity index (χ0v) is 10.1. The molecule has 0 aromatic heterocycles. The summed E-state index contributed by atoms with van der Waals surface area (Å²) in [5.41, 5.74) is 2.08. The smallest absolute Gasteiger partial charge is 0.319 e. The summed E-state index contributed by atoms with van der Waals surface area (Å²) in [7, 11) is 3.54. The highest BCUT2D eigenvalue weighted by Crippen LogP contribution is 2.34. The van der Waals surface area contributed by atoms with Crippen LogP contribution in [0.1, 0.15) is 26.2 Å². The number of Topliss-reactive ketones (excluding diaryl/α,β-unsaturated/α-hetero) is 1. The van der Waals surface area contributed by atoms with E-state index in [0.717, 1.165) is 25.0 Å². The molecule has 4 nitrogen and oxygen atoms in total. The van der Waals surface area contributed by atoms with Crippen molar-refractivity contribution >= 4 is 11.8 Å². The van der Waals surface area contributed by atoms with Crippen LogP contribution in [0.15, 0.2) is 11.1 Å². The minimum absolute atomic E-state index is 0.0575. The summed E-state index contributed by atoms with van der Waals surface area (Å²) in [5, 5.41) is 0. The summed E-state index contributed by atoms with van der Waals surface area (Å²) in [6.45, 7) is 2.65. The van der Waals surface area contributed by atoms with Gasteiger partial charge in [-0.15, -0.1) is 0 Å². The van der Waals surface area contributed by atoms with E-state index in [9.17, 15) is 9.59 Å². The summed E-state index contributed by atoms with van der Waals surface area (Å²) >= 11 is 0. The van der Waals surface area contributed by atoms with Crippen LogP contribution in [-0.2, 0) is 4.79 Å². The van der Waals surface area contributed by atoms with Crippen molar-refractivity contribution in [2.24, 2.45) is 0 Å². The van der Waals surface area contributed by atoms with Gasteiger partial charge in [-0.25, -0.2) is 4.79 Å². The van der Waals surface area contributed by atoms with Crippen molar-refractivity contribution in [1.82, 2.24) is 9.80 Å². The minimum Gasteiger partial charge on any atom is -0.331 e. The highest BCUT2D eigenvalue weighted by Gasteiger charge is 2.37. The lowest BCUT2D eigenvalue weighted by molar-refractivity contribution is -0.116. The first-order chi connectivity index (χ1) is 7.52. The molecule has 2 amide bonds. The molecule has 0 saturated carbocycles. The molecule has 2 aliphatic rings. The fraction of sp³-hybridized carbons (Fsp3) is 0.667. The summed E-state index contributed by atoms with van der Waals surface area (Å²) in [6, 6.07) is 0.231. The summed E-state index contributed by atoms with van der Waals surface area (Å²) < 4.78 is 0. The van der Waals surface area contributed by atoms with E-state index in [1.54, 1.807) is 19.0 Å². The molecule has 0 radical (unpaired) electrons. The van der Waals surface area contributed by atoms with Gasteiger partial charge in [0.25, 0.3) is 0 Å². The number of nitrogens with zero attached hydrogens (tertiary/aromatic N) is 2. The monoisotopic (exact) mass is 222 g/mol. The maximum Gasteiger partial charge on any atom is 0.319 e. The summed E-state index contributed by atoms with van der Waals surface area (Å²) in [6.07, 6.45) is 2.24. The van der Waals surface area contributed by atoms with Crippen LogP contribution >= 0.6 is 0 Å². The standard InChI is InChI=1S/C12H18N2O2/c1-8-9-6-7-14(12(16)13(2)3)10(9)4-5-11(8)15/h10H,4-7H2,1-3H3. The Morgan fingerprint density at radius 2 is 2.06 bits per heavy atom. The minimum atomic E-state index is 0.0575. The molecule has 0 aromatic rings. The van der Waals surface area contributed by atoms with Crippen LogP contribution in [0.4, 0.5) is 4.79 Å². The number of carbonyl (C=O) groups excluding carboxylic acids is 2. The molecular formula is C12H18N2O2. The second-order valence-corrected chi connectivity index (χ2v) is 4.75. The van der Waals surface area contributed by atoms with Gasteiger partial charge in [-0.1, -0.05) is 0 Å². The van der Waals surface area contributed by atoms with E-state index in [0.29, 0.717) is 6.42 Å². The third-order valence-corrected chi connectivity index (χ3v) is 3.57. The lowest BCUT2D eigenvalue weighted by Gasteiger charge is -2.30. The summed E-state index contributed by atoms with van der Waals surface area (Å²) in [5.74, 6) is 0.255. The van der Waals surface area contributed by atoms with E-state index >= 15 is 0 Å². The van der Waals surface area contributed by atoms with Gasteiger partial charge in [-0.3, -0.25) is 4.79 Å². The van der Waals surface area contributed by atoms with Gasteiger partial charge >= 0.3 is 6.03 Å². The van der Waals surface area contributed by atoms with Gasteiger partial charge < -0.3 is 9.80 Å². The molecule has 0 aromatic carbocycles. The molecule has 2 rings (SSSR count). The SMILES string of the molecule is CC1=C2CCN(C(=O)N(C)C)C2CCC1=O. The quantitative estimate of drug-likeness (QED) is 0.622. The molecule has 88 valence electrons. The second-order valence-electron chi connectivity index (χ2n) is 4.75. The molecule has 1 saturated heterocycles. The maximum atomic E-state index is 11.9. The van der Waals surface area contributed by atoms with E-state index in [4.69, 9.17) is 0 Å². The van der Waals surface area contributed by atoms with Gasteiger partial charge in [0.15, 0.2) is 5.78 Å². The first-order valence-electron chi connectivity index (χ1n) is 5.73. The van der Waals surface area contributed by atoms with Crippen molar-refractivity contribution in [2.45, 2.75) is 32.2 Å². The van der Waals surface area contributed by atoms with Gasteiger partial charge in [0.05, 0.1) is 6.04 Å². The van der Waals surface area contributed by atoms with Gasteiger partial charge in [0, 0.05) is 27.1 Å². The van der Waals surface area contributed by atoms with Crippen LogP contribution in [0.3, 0.4) is 0 Å². The molecule has 0 spiro atoms. The van der Waals surface area contributed by atoms with Crippen LogP contribution in [0.25, 0.3) is 0 Å². The highest BCUT2D eigenvalue weighted by molar-refractivity contribution is 5.97. The van der Waals surface area contributed by atoms with Crippen molar-refractivity contribution in [3.63, 3.8) is 0 Å². The Balaban J connectivity index is 2.25. The van der Waals surface area contributed by atoms with Crippen LogP contribution in [-0.4, -0.2) is 48.3 Å². The number of fused-ring (bicyclic) bond motifs is 1. The first kappa shape index (κ1) is 11.2. The van der Waals surface area contributed by atoms with Gasteiger partial charge in [0.1, 0.15) is 0 Å². The van der Waals surface area contributed by atoms with Crippen LogP contribution in [0.2, 0.25) is 0 Å². The Morgan fingerprint density at radius 3 is 2.69 bits per heavy atom. The molecule has 1 aliphatic heterocycles. The van der Waals surface area contributed by atoms with Crippen LogP contribution in [0.5, 0.6) is 0 Å². The van der Waals surface area contributed by atoms with Crippen molar-refractivity contribution in [3.05, 3.63) is 11.1 Å². The average molecular weight is 222 g/mol. The zero-order chi connectivity index (χ0) is 11.9. The number of likely N-dealkylation sites (tertiary alicyclic amines) is 1. The number of allylic oxidation sites excluding steroid dienone is 1. The number of ketones is 1. The molecule has 4 heteroatoms. The first-order valence-corrected chi connectivity index (χ1v) is 5.73. The average Bonchev–Trinajstić information content (AvgIpc) is 2.66. The predicted molar refractivity (Wildman–Crippen MR) is 61.1 cm³/mol. The van der Waals surface area contributed by atoms with E-state index in [-0.39, 0.29) is 17.9 Å². The van der Waals surface area contributed by atoms with E-state index in [2.05, 4.69) is 0 Å². The number of rotatable bonds is 0. The second kappa shape index (κ2) is 3.92. The van der Waals surface area contributed by atoms with E-state index in [1.165, 1.54) is 5.57 Å². The van der Waals surface area contributed by atoms with Gasteiger partial charge in [-0.05, 0) is 30.9 Å². The molecule has 1 aliphatic carbocycles. The third-order valence-electron chi connectivity index (χ3n) is 3.57. The molecule has 1 fully saturated rings. The fourth-order valence-corrected chi connectivity index (χ4v) is 2.64. The molecule has 1 atom stereocenters. The Bertz CT molecular complexity index is 371. The molecule has 0 bridgehead atoms. The number of hydrogen-bond acceptors (Lipinski definition) is 2. The Kier molecular flexibility index (Phi) is 2.74. The van der Waals surface area contributed by atoms with Crippen LogP contribution in [0, 0.1) is 0 Å².